The third-order valence-electron chi connectivity index (χ3n) is 3.31. The zero-order chi connectivity index (χ0) is 13.1. The number of carbonyl (C=O) groups is 1. The van der Waals surface area contributed by atoms with Gasteiger partial charge in [0.2, 0.25) is 0 Å². The highest BCUT2D eigenvalue weighted by Crippen LogP contribution is 2.20. The normalized spacial score (nSPS) is 18.2. The Morgan fingerprint density at radius 1 is 1.39 bits per heavy atom. The third-order valence-corrected chi connectivity index (χ3v) is 3.65. The van der Waals surface area contributed by atoms with Crippen LogP contribution in [0.5, 0.6) is 0 Å². The number of rotatable bonds is 5. The summed E-state index contributed by atoms with van der Waals surface area (Å²) in [5.41, 5.74) is 1.07. The maximum Gasteiger partial charge on any atom is 0.278 e. The number of hydrogen-bond donors (Lipinski definition) is 2. The lowest BCUT2D eigenvalue weighted by atomic mass is 10.1. The van der Waals surface area contributed by atoms with Crippen LogP contribution in [0.1, 0.15) is 38.3 Å². The fraction of sp³-hybridized carbons (Fsp3) is 0.500. The average molecular weight is 268 g/mol. The van der Waals surface area contributed by atoms with Crippen LogP contribution in [0.15, 0.2) is 24.3 Å². The second-order valence-corrected chi connectivity index (χ2v) is 5.48. The van der Waals surface area contributed by atoms with Crippen LogP contribution in [0, 0.1) is 0 Å². The number of nitrogens with two attached hydrogens (primary N) is 1. The highest BCUT2D eigenvalue weighted by molar-refractivity contribution is 6.31. The molecule has 0 unspecified atom stereocenters. The molecule has 3 nitrogen and oxygen atoms in total. The second kappa shape index (κ2) is 5.72. The molecule has 0 saturated heterocycles. The van der Waals surface area contributed by atoms with E-state index in [0.717, 1.165) is 23.4 Å². The molecule has 18 heavy (non-hydrogen) atoms. The molecule has 0 heterocycles. The zero-order valence-corrected chi connectivity index (χ0v) is 11.6. The first-order valence-electron chi connectivity index (χ1n) is 6.47. The van der Waals surface area contributed by atoms with Crippen molar-refractivity contribution in [1.29, 1.82) is 0 Å². The van der Waals surface area contributed by atoms with E-state index >= 15 is 0 Å². The van der Waals surface area contributed by atoms with E-state index in [2.05, 4.69) is 17.6 Å². The molecule has 1 amide bonds. The molecule has 0 spiro atoms. The van der Waals surface area contributed by atoms with E-state index in [9.17, 15) is 4.79 Å². The van der Waals surface area contributed by atoms with Gasteiger partial charge in [0.05, 0.1) is 0 Å². The number of quaternary nitrogens is 1. The van der Waals surface area contributed by atoms with Crippen LogP contribution < -0.4 is 10.6 Å². The molecule has 98 valence electrons. The van der Waals surface area contributed by atoms with Crippen LogP contribution in [0.3, 0.4) is 0 Å². The van der Waals surface area contributed by atoms with E-state index in [0.29, 0.717) is 6.04 Å². The van der Waals surface area contributed by atoms with Crippen LogP contribution in [0.4, 0.5) is 0 Å². The smallest absolute Gasteiger partial charge is 0.278 e. The molecular weight excluding hydrogens is 248 g/mol. The van der Waals surface area contributed by atoms with E-state index in [1.54, 1.807) is 0 Å². The van der Waals surface area contributed by atoms with Gasteiger partial charge >= 0.3 is 0 Å². The molecule has 3 N–H and O–H groups in total. The average Bonchev–Trinajstić information content (AvgIpc) is 3.13. The Morgan fingerprint density at radius 3 is 2.67 bits per heavy atom. The van der Waals surface area contributed by atoms with Gasteiger partial charge in [-0.2, -0.15) is 0 Å². The van der Waals surface area contributed by atoms with Crippen LogP contribution in [0.2, 0.25) is 5.02 Å². The van der Waals surface area contributed by atoms with Gasteiger partial charge in [-0.15, -0.1) is 0 Å². The summed E-state index contributed by atoms with van der Waals surface area (Å²) >= 11 is 6.16. The minimum atomic E-state index is -0.0862. The van der Waals surface area contributed by atoms with Gasteiger partial charge in [-0.25, -0.2) is 0 Å². The van der Waals surface area contributed by atoms with E-state index in [-0.39, 0.29) is 18.0 Å². The molecule has 4 heteroatoms. The highest BCUT2D eigenvalue weighted by atomic mass is 35.5. The SMILES string of the molecule is C[C@H]([NH2+][C@H](C)C(=O)NC1CC1)c1ccccc1Cl. The van der Waals surface area contributed by atoms with Crippen LogP contribution >= 0.6 is 11.6 Å². The molecule has 0 aliphatic heterocycles. The maximum atomic E-state index is 11.9. The highest BCUT2D eigenvalue weighted by Gasteiger charge is 2.28. The van der Waals surface area contributed by atoms with Gasteiger partial charge in [0, 0.05) is 16.6 Å². The fourth-order valence-corrected chi connectivity index (χ4v) is 2.34. The first-order valence-corrected chi connectivity index (χ1v) is 6.85. The van der Waals surface area contributed by atoms with Crippen LogP contribution in [0.25, 0.3) is 0 Å². The lowest BCUT2D eigenvalue weighted by Crippen LogP contribution is -2.92. The zero-order valence-electron chi connectivity index (χ0n) is 10.8. The first-order chi connectivity index (χ1) is 8.58. The molecule has 0 radical (unpaired) electrons. The van der Waals surface area contributed by atoms with Crippen molar-refractivity contribution in [3.8, 4) is 0 Å². The summed E-state index contributed by atoms with van der Waals surface area (Å²) in [5, 5.41) is 5.84. The molecule has 2 rings (SSSR count). The molecule has 1 aliphatic carbocycles. The minimum Gasteiger partial charge on any atom is -0.348 e. The Labute approximate surface area is 113 Å². The molecule has 0 bridgehead atoms. The van der Waals surface area contributed by atoms with Crippen molar-refractivity contribution in [2.45, 2.75) is 44.8 Å². The van der Waals surface area contributed by atoms with Crippen molar-refractivity contribution >= 4 is 17.5 Å². The molecule has 1 fully saturated rings. The molecule has 0 aromatic heterocycles. The molecular formula is C14H20ClN2O+. The van der Waals surface area contributed by atoms with Crippen molar-refractivity contribution < 1.29 is 10.1 Å². The van der Waals surface area contributed by atoms with Gasteiger partial charge < -0.3 is 10.6 Å². The number of nitrogens with one attached hydrogen (secondary N) is 1. The van der Waals surface area contributed by atoms with E-state index in [1.807, 2.05) is 31.2 Å². The Balaban J connectivity index is 1.91. The molecule has 1 aliphatic rings. The molecule has 1 aromatic carbocycles. The van der Waals surface area contributed by atoms with Crippen molar-refractivity contribution in [2.75, 3.05) is 0 Å². The predicted molar refractivity (Wildman–Crippen MR) is 72.4 cm³/mol. The van der Waals surface area contributed by atoms with Gasteiger partial charge in [0.25, 0.3) is 5.91 Å². The molecule has 1 aromatic rings. The monoisotopic (exact) mass is 267 g/mol. The van der Waals surface area contributed by atoms with E-state index in [4.69, 9.17) is 11.6 Å². The largest absolute Gasteiger partial charge is 0.348 e. The Hall–Kier alpha value is -1.06. The number of halogens is 1. The number of carbonyl (C=O) groups excluding carboxylic acids is 1. The van der Waals surface area contributed by atoms with Gasteiger partial charge in [-0.1, -0.05) is 29.8 Å². The number of benzene rings is 1. The van der Waals surface area contributed by atoms with E-state index in [1.165, 1.54) is 0 Å². The summed E-state index contributed by atoms with van der Waals surface area (Å²) < 4.78 is 0. The van der Waals surface area contributed by atoms with Gasteiger partial charge in [-0.05, 0) is 32.8 Å². The topological polar surface area (TPSA) is 45.7 Å². The van der Waals surface area contributed by atoms with Gasteiger partial charge in [-0.3, -0.25) is 4.79 Å². The summed E-state index contributed by atoms with van der Waals surface area (Å²) in [4.78, 5) is 11.9. The quantitative estimate of drug-likeness (QED) is 0.837. The summed E-state index contributed by atoms with van der Waals surface area (Å²) in [6.07, 6.45) is 2.25. The van der Waals surface area contributed by atoms with Gasteiger partial charge in [0.15, 0.2) is 6.04 Å². The van der Waals surface area contributed by atoms with E-state index < -0.39 is 0 Å². The lowest BCUT2D eigenvalue weighted by molar-refractivity contribution is -0.710. The van der Waals surface area contributed by atoms with Crippen molar-refractivity contribution in [1.82, 2.24) is 5.32 Å². The summed E-state index contributed by atoms with van der Waals surface area (Å²) in [7, 11) is 0. The number of amides is 1. The van der Waals surface area contributed by atoms with Crippen molar-refractivity contribution in [3.63, 3.8) is 0 Å². The maximum absolute atomic E-state index is 11.9. The van der Waals surface area contributed by atoms with Crippen molar-refractivity contribution in [2.24, 2.45) is 0 Å². The first kappa shape index (κ1) is 13.4. The standard InChI is InChI=1S/C14H19ClN2O/c1-9(12-5-3-4-6-13(12)15)16-10(2)14(18)17-11-7-8-11/h3-6,9-11,16H,7-8H2,1-2H3,(H,17,18)/p+1/t9-,10+/m0/s1. The van der Waals surface area contributed by atoms with Crippen LogP contribution in [-0.2, 0) is 4.79 Å². The van der Waals surface area contributed by atoms with Crippen molar-refractivity contribution in [3.05, 3.63) is 34.9 Å². The molecule has 2 atom stereocenters. The Kier molecular flexibility index (Phi) is 4.25. The summed E-state index contributed by atoms with van der Waals surface area (Å²) in [6, 6.07) is 8.30. The second-order valence-electron chi connectivity index (χ2n) is 5.07. The Morgan fingerprint density at radius 2 is 2.06 bits per heavy atom. The summed E-state index contributed by atoms with van der Waals surface area (Å²) in [5.74, 6) is 0.122. The lowest BCUT2D eigenvalue weighted by Gasteiger charge is -2.17. The summed E-state index contributed by atoms with van der Waals surface area (Å²) in [6.45, 7) is 4.01. The Bertz CT molecular complexity index is 432. The molecule has 1 saturated carbocycles. The van der Waals surface area contributed by atoms with Crippen LogP contribution in [-0.4, -0.2) is 18.0 Å². The number of hydrogen-bond acceptors (Lipinski definition) is 1. The van der Waals surface area contributed by atoms with Gasteiger partial charge in [0.1, 0.15) is 6.04 Å². The predicted octanol–water partition coefficient (Wildman–Crippen LogP) is 1.63. The minimum absolute atomic E-state index is 0.0862. The fourth-order valence-electron chi connectivity index (χ4n) is 2.03. The third kappa shape index (κ3) is 3.47.